The minimum atomic E-state index is -0.631. The van der Waals surface area contributed by atoms with Gasteiger partial charge in [-0.2, -0.15) is 0 Å². The molecule has 1 fully saturated rings. The van der Waals surface area contributed by atoms with Crippen LogP contribution in [-0.2, 0) is 11.2 Å². The highest BCUT2D eigenvalue weighted by atomic mass is 16.2. The molecule has 2 amide bonds. The standard InChI is InChI=1S/C26H27N3O2/c1-2-28-25(31)26(13-16-29(19-26)24(30)22-11-14-27-15-12-22)18-20-7-6-10-23(17-20)21-8-4-3-5-9-21/h3-12,14-15,17H,2,13,16,18-19H2,1H3,(H,28,31). The summed E-state index contributed by atoms with van der Waals surface area (Å²) in [6, 6.07) is 22.0. The summed E-state index contributed by atoms with van der Waals surface area (Å²) < 4.78 is 0. The number of likely N-dealkylation sites (tertiary alicyclic amines) is 1. The van der Waals surface area contributed by atoms with Gasteiger partial charge in [-0.1, -0.05) is 54.6 Å². The van der Waals surface area contributed by atoms with Crippen molar-refractivity contribution < 1.29 is 9.59 Å². The van der Waals surface area contributed by atoms with E-state index in [1.807, 2.05) is 31.2 Å². The second-order valence-electron chi connectivity index (χ2n) is 8.10. The quantitative estimate of drug-likeness (QED) is 0.665. The Morgan fingerprint density at radius 2 is 1.74 bits per heavy atom. The first kappa shape index (κ1) is 20.8. The van der Waals surface area contributed by atoms with E-state index in [0.717, 1.165) is 16.7 Å². The normalized spacial score (nSPS) is 18.0. The maximum absolute atomic E-state index is 13.2. The fourth-order valence-corrected chi connectivity index (χ4v) is 4.36. The van der Waals surface area contributed by atoms with Gasteiger partial charge in [-0.15, -0.1) is 0 Å². The van der Waals surface area contributed by atoms with E-state index in [4.69, 9.17) is 0 Å². The van der Waals surface area contributed by atoms with Crippen LogP contribution in [0.15, 0.2) is 79.1 Å². The minimum absolute atomic E-state index is 0.0187. The number of nitrogens with one attached hydrogen (secondary N) is 1. The number of rotatable bonds is 6. The second-order valence-corrected chi connectivity index (χ2v) is 8.10. The van der Waals surface area contributed by atoms with Crippen LogP contribution in [0.4, 0.5) is 0 Å². The van der Waals surface area contributed by atoms with Crippen molar-refractivity contribution in [1.82, 2.24) is 15.2 Å². The molecule has 1 N–H and O–H groups in total. The number of benzene rings is 2. The molecule has 0 bridgehead atoms. The van der Waals surface area contributed by atoms with Crippen LogP contribution < -0.4 is 5.32 Å². The largest absolute Gasteiger partial charge is 0.356 e. The summed E-state index contributed by atoms with van der Waals surface area (Å²) in [5, 5.41) is 3.01. The molecule has 0 aliphatic carbocycles. The van der Waals surface area contributed by atoms with Crippen LogP contribution in [0, 0.1) is 5.41 Å². The van der Waals surface area contributed by atoms with Crippen LogP contribution in [0.3, 0.4) is 0 Å². The number of amides is 2. The second kappa shape index (κ2) is 9.13. The third kappa shape index (κ3) is 4.50. The Kier molecular flexibility index (Phi) is 6.12. The lowest BCUT2D eigenvalue weighted by Gasteiger charge is -2.28. The van der Waals surface area contributed by atoms with Crippen LogP contribution >= 0.6 is 0 Å². The van der Waals surface area contributed by atoms with Crippen LogP contribution in [0.25, 0.3) is 11.1 Å². The van der Waals surface area contributed by atoms with Crippen molar-refractivity contribution >= 4 is 11.8 Å². The first-order valence-corrected chi connectivity index (χ1v) is 10.7. The van der Waals surface area contributed by atoms with Gasteiger partial charge in [0.05, 0.1) is 5.41 Å². The molecule has 1 atom stereocenters. The lowest BCUT2D eigenvalue weighted by atomic mass is 9.79. The SMILES string of the molecule is CCNC(=O)C1(Cc2cccc(-c3ccccc3)c2)CCN(C(=O)c2ccncc2)C1. The van der Waals surface area contributed by atoms with Crippen molar-refractivity contribution in [2.75, 3.05) is 19.6 Å². The maximum atomic E-state index is 13.2. The molecule has 1 aliphatic rings. The molecule has 5 nitrogen and oxygen atoms in total. The van der Waals surface area contributed by atoms with E-state index < -0.39 is 5.41 Å². The van der Waals surface area contributed by atoms with Crippen LogP contribution in [0.1, 0.15) is 29.3 Å². The minimum Gasteiger partial charge on any atom is -0.356 e. The summed E-state index contributed by atoms with van der Waals surface area (Å²) >= 11 is 0. The molecule has 158 valence electrons. The Balaban J connectivity index is 1.59. The van der Waals surface area contributed by atoms with Crippen molar-refractivity contribution in [2.24, 2.45) is 5.41 Å². The highest BCUT2D eigenvalue weighted by Crippen LogP contribution is 2.36. The topological polar surface area (TPSA) is 62.3 Å². The van der Waals surface area contributed by atoms with Crippen molar-refractivity contribution in [1.29, 1.82) is 0 Å². The third-order valence-electron chi connectivity index (χ3n) is 5.96. The fraction of sp³-hybridized carbons (Fsp3) is 0.269. The van der Waals surface area contributed by atoms with Gasteiger partial charge in [0, 0.05) is 37.6 Å². The molecule has 1 aromatic heterocycles. The van der Waals surface area contributed by atoms with E-state index in [9.17, 15) is 9.59 Å². The molecule has 0 saturated carbocycles. The van der Waals surface area contributed by atoms with Gasteiger partial charge >= 0.3 is 0 Å². The molecule has 1 unspecified atom stereocenters. The number of carbonyl (C=O) groups is 2. The Morgan fingerprint density at radius 3 is 2.48 bits per heavy atom. The predicted molar refractivity (Wildman–Crippen MR) is 121 cm³/mol. The number of hydrogen-bond donors (Lipinski definition) is 1. The summed E-state index contributed by atoms with van der Waals surface area (Å²) in [4.78, 5) is 31.9. The van der Waals surface area contributed by atoms with Gasteiger partial charge < -0.3 is 10.2 Å². The Morgan fingerprint density at radius 1 is 1.00 bits per heavy atom. The predicted octanol–water partition coefficient (Wildman–Crippen LogP) is 3.96. The highest BCUT2D eigenvalue weighted by Gasteiger charge is 2.45. The molecule has 4 rings (SSSR count). The monoisotopic (exact) mass is 413 g/mol. The van der Waals surface area contributed by atoms with Crippen LogP contribution in [0.2, 0.25) is 0 Å². The van der Waals surface area contributed by atoms with Gasteiger partial charge in [0.15, 0.2) is 0 Å². The molecule has 5 heteroatoms. The molecule has 2 aromatic carbocycles. The highest BCUT2D eigenvalue weighted by molar-refractivity contribution is 5.95. The molecular weight excluding hydrogens is 386 g/mol. The van der Waals surface area contributed by atoms with Crippen molar-refractivity contribution in [2.45, 2.75) is 19.8 Å². The van der Waals surface area contributed by atoms with Gasteiger partial charge in [-0.25, -0.2) is 0 Å². The Hall–Kier alpha value is -3.47. The van der Waals surface area contributed by atoms with E-state index in [1.165, 1.54) is 0 Å². The zero-order valence-electron chi connectivity index (χ0n) is 17.8. The molecular formula is C26H27N3O2. The molecule has 1 saturated heterocycles. The molecule has 31 heavy (non-hydrogen) atoms. The first-order valence-electron chi connectivity index (χ1n) is 10.7. The zero-order valence-corrected chi connectivity index (χ0v) is 17.8. The van der Waals surface area contributed by atoms with E-state index in [1.54, 1.807) is 29.4 Å². The summed E-state index contributed by atoms with van der Waals surface area (Å²) in [6.45, 7) is 3.48. The Bertz CT molecular complexity index is 1050. The van der Waals surface area contributed by atoms with Crippen molar-refractivity contribution in [3.63, 3.8) is 0 Å². The maximum Gasteiger partial charge on any atom is 0.253 e. The lowest BCUT2D eigenvalue weighted by molar-refractivity contribution is -0.130. The van der Waals surface area contributed by atoms with E-state index >= 15 is 0 Å². The number of carbonyl (C=O) groups excluding carboxylic acids is 2. The lowest BCUT2D eigenvalue weighted by Crippen LogP contribution is -2.45. The molecule has 3 aromatic rings. The van der Waals surface area contributed by atoms with E-state index in [0.29, 0.717) is 38.0 Å². The van der Waals surface area contributed by atoms with E-state index in [-0.39, 0.29) is 11.8 Å². The number of aromatic nitrogens is 1. The molecule has 2 heterocycles. The van der Waals surface area contributed by atoms with Gasteiger partial charge in [0.25, 0.3) is 5.91 Å². The van der Waals surface area contributed by atoms with Crippen molar-refractivity contribution in [3.05, 3.63) is 90.3 Å². The summed E-state index contributed by atoms with van der Waals surface area (Å²) in [6.07, 6.45) is 4.48. The van der Waals surface area contributed by atoms with Crippen LogP contribution in [-0.4, -0.2) is 41.3 Å². The van der Waals surface area contributed by atoms with Crippen LogP contribution in [0.5, 0.6) is 0 Å². The number of pyridine rings is 1. The van der Waals surface area contributed by atoms with Gasteiger partial charge in [0.1, 0.15) is 0 Å². The first-order chi connectivity index (χ1) is 15.1. The summed E-state index contributed by atoms with van der Waals surface area (Å²) in [5.74, 6) is -0.0308. The van der Waals surface area contributed by atoms with Gasteiger partial charge in [-0.3, -0.25) is 14.6 Å². The third-order valence-corrected chi connectivity index (χ3v) is 5.96. The number of nitrogens with zero attached hydrogens (tertiary/aromatic N) is 2. The summed E-state index contributed by atoms with van der Waals surface area (Å²) in [5.41, 5.74) is 3.36. The Labute approximate surface area is 183 Å². The average Bonchev–Trinajstić information content (AvgIpc) is 3.25. The smallest absolute Gasteiger partial charge is 0.253 e. The molecule has 0 radical (unpaired) electrons. The summed E-state index contributed by atoms with van der Waals surface area (Å²) in [7, 11) is 0. The van der Waals surface area contributed by atoms with Gasteiger partial charge in [-0.05, 0) is 48.6 Å². The average molecular weight is 414 g/mol. The number of hydrogen-bond acceptors (Lipinski definition) is 3. The molecule has 1 aliphatic heterocycles. The fourth-order valence-electron chi connectivity index (χ4n) is 4.36. The van der Waals surface area contributed by atoms with E-state index in [2.05, 4.69) is 40.6 Å². The molecule has 0 spiro atoms. The van der Waals surface area contributed by atoms with Gasteiger partial charge in [0.2, 0.25) is 5.91 Å². The zero-order chi connectivity index (χ0) is 21.7. The van der Waals surface area contributed by atoms with Crippen molar-refractivity contribution in [3.8, 4) is 11.1 Å².